The minimum absolute atomic E-state index is 0.0570. The molecule has 3 fully saturated rings. The van der Waals surface area contributed by atoms with E-state index < -0.39 is 0 Å². The highest BCUT2D eigenvalue weighted by molar-refractivity contribution is 8.01. The molecule has 1 aromatic carbocycles. The SMILES string of the molecule is CN(Cc1ccc(N2CCCCC2)cc1)C(=O)[C@H]1CS[C@]2(C)CCC(=O)N12. The predicted octanol–water partition coefficient (Wildman–Crippen LogP) is 3.09. The number of anilines is 1. The Kier molecular flexibility index (Phi) is 5.10. The van der Waals surface area contributed by atoms with Crippen LogP contribution in [0.15, 0.2) is 24.3 Å². The summed E-state index contributed by atoms with van der Waals surface area (Å²) in [6, 6.07) is 8.29. The first-order chi connectivity index (χ1) is 13.0. The molecule has 4 rings (SSSR count). The van der Waals surface area contributed by atoms with E-state index in [-0.39, 0.29) is 22.7 Å². The Hall–Kier alpha value is -1.69. The number of hydrogen-bond donors (Lipinski definition) is 0. The van der Waals surface area contributed by atoms with Crippen LogP contribution in [0.5, 0.6) is 0 Å². The molecule has 0 unspecified atom stereocenters. The van der Waals surface area contributed by atoms with E-state index in [1.807, 2.05) is 11.9 Å². The zero-order valence-electron chi connectivity index (χ0n) is 16.3. The molecule has 0 radical (unpaired) electrons. The van der Waals surface area contributed by atoms with Crippen LogP contribution >= 0.6 is 11.8 Å². The minimum atomic E-state index is -0.312. The van der Waals surface area contributed by atoms with Crippen molar-refractivity contribution in [3.05, 3.63) is 29.8 Å². The lowest BCUT2D eigenvalue weighted by atomic mass is 10.1. The van der Waals surface area contributed by atoms with Crippen LogP contribution in [-0.2, 0) is 16.1 Å². The second-order valence-electron chi connectivity index (χ2n) is 8.17. The van der Waals surface area contributed by atoms with Crippen LogP contribution in [0.25, 0.3) is 0 Å². The van der Waals surface area contributed by atoms with E-state index in [1.165, 1.54) is 24.9 Å². The third kappa shape index (κ3) is 3.56. The van der Waals surface area contributed by atoms with Gasteiger partial charge in [0.1, 0.15) is 6.04 Å². The summed E-state index contributed by atoms with van der Waals surface area (Å²) in [4.78, 5) is 31.2. The molecule has 6 heteroatoms. The van der Waals surface area contributed by atoms with Crippen LogP contribution in [0.4, 0.5) is 5.69 Å². The first-order valence-electron chi connectivity index (χ1n) is 10.0. The number of amides is 2. The van der Waals surface area contributed by atoms with Crippen molar-refractivity contribution >= 4 is 29.3 Å². The van der Waals surface area contributed by atoms with Gasteiger partial charge in [-0.15, -0.1) is 11.8 Å². The molecule has 3 saturated heterocycles. The molecule has 27 heavy (non-hydrogen) atoms. The number of likely N-dealkylation sites (N-methyl/N-ethyl adjacent to an activating group) is 1. The third-order valence-corrected chi connectivity index (χ3v) is 7.69. The van der Waals surface area contributed by atoms with E-state index >= 15 is 0 Å². The second-order valence-corrected chi connectivity index (χ2v) is 9.68. The van der Waals surface area contributed by atoms with Gasteiger partial charge in [-0.1, -0.05) is 12.1 Å². The van der Waals surface area contributed by atoms with E-state index in [0.717, 1.165) is 25.1 Å². The molecule has 0 saturated carbocycles. The van der Waals surface area contributed by atoms with Crippen LogP contribution in [-0.4, -0.2) is 58.4 Å². The second kappa shape index (κ2) is 7.38. The van der Waals surface area contributed by atoms with E-state index in [2.05, 4.69) is 36.1 Å². The standard InChI is InChI=1S/C21H29N3O2S/c1-21-11-10-19(25)24(21)18(15-27-21)20(26)22(2)14-16-6-8-17(9-7-16)23-12-4-3-5-13-23/h6-9,18H,3-5,10-15H2,1-2H3/t18-,21-/m1/s1. The fraction of sp³-hybridized carbons (Fsp3) is 0.619. The highest BCUT2D eigenvalue weighted by Crippen LogP contribution is 2.47. The highest BCUT2D eigenvalue weighted by atomic mass is 32.2. The average molecular weight is 388 g/mol. The van der Waals surface area contributed by atoms with Gasteiger partial charge < -0.3 is 14.7 Å². The van der Waals surface area contributed by atoms with Gasteiger partial charge in [-0.05, 0) is 50.3 Å². The highest BCUT2D eigenvalue weighted by Gasteiger charge is 2.53. The summed E-state index contributed by atoms with van der Waals surface area (Å²) in [6.07, 6.45) is 5.29. The number of rotatable bonds is 4. The number of fused-ring (bicyclic) bond motifs is 1. The molecular weight excluding hydrogens is 358 g/mol. The van der Waals surface area contributed by atoms with Crippen LogP contribution in [0.1, 0.15) is 44.6 Å². The number of hydrogen-bond acceptors (Lipinski definition) is 4. The molecule has 0 aromatic heterocycles. The van der Waals surface area contributed by atoms with Crippen molar-refractivity contribution in [2.24, 2.45) is 0 Å². The summed E-state index contributed by atoms with van der Waals surface area (Å²) in [6.45, 7) is 4.95. The van der Waals surface area contributed by atoms with Crippen molar-refractivity contribution in [3.63, 3.8) is 0 Å². The lowest BCUT2D eigenvalue weighted by Crippen LogP contribution is -2.50. The van der Waals surface area contributed by atoms with Crippen LogP contribution in [0.2, 0.25) is 0 Å². The van der Waals surface area contributed by atoms with Crippen molar-refractivity contribution in [2.75, 3.05) is 30.8 Å². The Morgan fingerprint density at radius 1 is 1.22 bits per heavy atom. The smallest absolute Gasteiger partial charge is 0.246 e. The molecule has 146 valence electrons. The van der Waals surface area contributed by atoms with E-state index in [4.69, 9.17) is 0 Å². The Bertz CT molecular complexity index is 717. The maximum atomic E-state index is 13.0. The fourth-order valence-corrected chi connectivity index (χ4v) is 6.00. The number of carbonyl (C=O) groups is 2. The minimum Gasteiger partial charge on any atom is -0.372 e. The fourth-order valence-electron chi connectivity index (χ4n) is 4.57. The molecule has 0 bridgehead atoms. The summed E-state index contributed by atoms with van der Waals surface area (Å²) in [5.74, 6) is 0.890. The van der Waals surface area contributed by atoms with Gasteiger partial charge in [0.05, 0.1) is 4.87 Å². The normalized spacial score (nSPS) is 27.8. The van der Waals surface area contributed by atoms with Crippen LogP contribution in [0.3, 0.4) is 0 Å². The van der Waals surface area contributed by atoms with E-state index in [1.54, 1.807) is 16.7 Å². The number of benzene rings is 1. The average Bonchev–Trinajstić information content (AvgIpc) is 3.18. The van der Waals surface area contributed by atoms with Crippen molar-refractivity contribution < 1.29 is 9.59 Å². The van der Waals surface area contributed by atoms with Gasteiger partial charge in [-0.2, -0.15) is 0 Å². The molecule has 3 aliphatic rings. The Balaban J connectivity index is 1.39. The van der Waals surface area contributed by atoms with Gasteiger partial charge >= 0.3 is 0 Å². The van der Waals surface area contributed by atoms with Crippen molar-refractivity contribution in [3.8, 4) is 0 Å². The Labute approximate surface area is 166 Å². The summed E-state index contributed by atoms with van der Waals surface area (Å²) < 4.78 is 0. The maximum absolute atomic E-state index is 13.0. The molecule has 0 N–H and O–H groups in total. The lowest BCUT2D eigenvalue weighted by Gasteiger charge is -2.32. The van der Waals surface area contributed by atoms with Gasteiger partial charge in [0, 0.05) is 44.5 Å². The number of piperidine rings is 1. The number of thioether (sulfide) groups is 1. The van der Waals surface area contributed by atoms with Gasteiger partial charge in [0.15, 0.2) is 0 Å². The van der Waals surface area contributed by atoms with Crippen molar-refractivity contribution in [1.29, 1.82) is 0 Å². The molecule has 2 amide bonds. The van der Waals surface area contributed by atoms with E-state index in [9.17, 15) is 9.59 Å². The Morgan fingerprint density at radius 3 is 2.63 bits per heavy atom. The predicted molar refractivity (Wildman–Crippen MR) is 110 cm³/mol. The molecule has 0 spiro atoms. The molecule has 5 nitrogen and oxygen atoms in total. The summed E-state index contributed by atoms with van der Waals surface area (Å²) in [7, 11) is 1.85. The van der Waals surface area contributed by atoms with Crippen LogP contribution < -0.4 is 4.90 Å². The van der Waals surface area contributed by atoms with Crippen molar-refractivity contribution in [1.82, 2.24) is 9.80 Å². The number of nitrogens with zero attached hydrogens (tertiary/aromatic N) is 3. The van der Waals surface area contributed by atoms with Crippen LogP contribution in [0, 0.1) is 0 Å². The first kappa shape index (κ1) is 18.7. The first-order valence-corrected chi connectivity index (χ1v) is 11.0. The zero-order valence-corrected chi connectivity index (χ0v) is 17.1. The molecule has 1 aromatic rings. The van der Waals surface area contributed by atoms with Gasteiger partial charge in [-0.25, -0.2) is 0 Å². The quantitative estimate of drug-likeness (QED) is 0.796. The molecule has 3 aliphatic heterocycles. The Morgan fingerprint density at radius 2 is 1.93 bits per heavy atom. The number of carbonyl (C=O) groups excluding carboxylic acids is 2. The van der Waals surface area contributed by atoms with Gasteiger partial charge in [0.2, 0.25) is 11.8 Å². The van der Waals surface area contributed by atoms with Crippen molar-refractivity contribution in [2.45, 2.75) is 56.5 Å². The maximum Gasteiger partial charge on any atom is 0.246 e. The molecule has 0 aliphatic carbocycles. The summed E-state index contributed by atoms with van der Waals surface area (Å²) in [5, 5.41) is 0. The zero-order chi connectivity index (χ0) is 19.0. The summed E-state index contributed by atoms with van der Waals surface area (Å²) >= 11 is 1.75. The topological polar surface area (TPSA) is 43.9 Å². The summed E-state index contributed by atoms with van der Waals surface area (Å²) in [5.41, 5.74) is 2.41. The molecular formula is C21H29N3O2S. The molecule has 2 atom stereocenters. The largest absolute Gasteiger partial charge is 0.372 e. The van der Waals surface area contributed by atoms with E-state index in [0.29, 0.717) is 18.7 Å². The lowest BCUT2D eigenvalue weighted by molar-refractivity contribution is -0.143. The third-order valence-electron chi connectivity index (χ3n) is 6.18. The van der Waals surface area contributed by atoms with Gasteiger partial charge in [0.25, 0.3) is 0 Å². The monoisotopic (exact) mass is 387 g/mol. The van der Waals surface area contributed by atoms with Gasteiger partial charge in [-0.3, -0.25) is 9.59 Å². The molecule has 3 heterocycles.